The van der Waals surface area contributed by atoms with Crippen molar-refractivity contribution in [1.29, 1.82) is 0 Å². The lowest BCUT2D eigenvalue weighted by molar-refractivity contribution is 0.0955. The fourth-order valence-electron chi connectivity index (χ4n) is 3.39. The third-order valence-corrected chi connectivity index (χ3v) is 4.51. The standard InChI is InChI=1S/C20H18N2O/c23-20(22-13-11-16-5-1-2-12-21-16)18-10-9-15-8-7-14-4-3-6-17(18)19(14)15/h1-6,9-10,12H,7-8,11,13H2,(H,22,23). The van der Waals surface area contributed by atoms with Gasteiger partial charge in [-0.25, -0.2) is 0 Å². The van der Waals surface area contributed by atoms with Crippen molar-refractivity contribution in [2.24, 2.45) is 0 Å². The van der Waals surface area contributed by atoms with Gasteiger partial charge in [0.15, 0.2) is 0 Å². The van der Waals surface area contributed by atoms with E-state index >= 15 is 0 Å². The highest BCUT2D eigenvalue weighted by atomic mass is 16.1. The molecule has 0 unspecified atom stereocenters. The van der Waals surface area contributed by atoms with Gasteiger partial charge < -0.3 is 5.32 Å². The molecule has 1 aliphatic rings. The summed E-state index contributed by atoms with van der Waals surface area (Å²) in [5.41, 5.74) is 4.49. The molecule has 4 rings (SSSR count). The first-order valence-electron chi connectivity index (χ1n) is 8.04. The number of aromatic nitrogens is 1. The lowest BCUT2D eigenvalue weighted by Gasteiger charge is -2.09. The summed E-state index contributed by atoms with van der Waals surface area (Å²) < 4.78 is 0. The topological polar surface area (TPSA) is 42.0 Å². The van der Waals surface area contributed by atoms with Crippen molar-refractivity contribution < 1.29 is 4.79 Å². The maximum absolute atomic E-state index is 12.6. The Labute approximate surface area is 135 Å². The summed E-state index contributed by atoms with van der Waals surface area (Å²) in [7, 11) is 0. The van der Waals surface area contributed by atoms with Crippen molar-refractivity contribution in [2.75, 3.05) is 6.54 Å². The highest BCUT2D eigenvalue weighted by Gasteiger charge is 2.18. The highest BCUT2D eigenvalue weighted by molar-refractivity contribution is 6.09. The Morgan fingerprint density at radius 2 is 1.87 bits per heavy atom. The van der Waals surface area contributed by atoms with E-state index < -0.39 is 0 Å². The summed E-state index contributed by atoms with van der Waals surface area (Å²) in [6.07, 6.45) is 4.68. The third kappa shape index (κ3) is 2.59. The van der Waals surface area contributed by atoms with E-state index in [0.29, 0.717) is 6.54 Å². The zero-order valence-electron chi connectivity index (χ0n) is 12.9. The van der Waals surface area contributed by atoms with Crippen LogP contribution in [-0.4, -0.2) is 17.4 Å². The fourth-order valence-corrected chi connectivity index (χ4v) is 3.39. The Bertz CT molecular complexity index is 861. The van der Waals surface area contributed by atoms with Crippen LogP contribution >= 0.6 is 0 Å². The van der Waals surface area contributed by atoms with E-state index in [1.54, 1.807) is 6.20 Å². The molecular formula is C20H18N2O. The van der Waals surface area contributed by atoms with E-state index in [0.717, 1.165) is 35.9 Å². The van der Waals surface area contributed by atoms with Gasteiger partial charge in [0.05, 0.1) is 0 Å². The molecule has 0 aliphatic heterocycles. The minimum absolute atomic E-state index is 0.00321. The Morgan fingerprint density at radius 3 is 2.70 bits per heavy atom. The van der Waals surface area contributed by atoms with Gasteiger partial charge in [0.2, 0.25) is 0 Å². The van der Waals surface area contributed by atoms with E-state index in [1.807, 2.05) is 24.3 Å². The number of hydrogen-bond donors (Lipinski definition) is 1. The van der Waals surface area contributed by atoms with Gasteiger partial charge in [-0.05, 0) is 52.9 Å². The quantitative estimate of drug-likeness (QED) is 0.803. The number of pyridine rings is 1. The summed E-state index contributed by atoms with van der Waals surface area (Å²) >= 11 is 0. The first-order chi connectivity index (χ1) is 11.3. The minimum Gasteiger partial charge on any atom is -0.352 e. The molecule has 3 nitrogen and oxygen atoms in total. The molecule has 1 N–H and O–H groups in total. The van der Waals surface area contributed by atoms with Crippen LogP contribution in [0.5, 0.6) is 0 Å². The maximum Gasteiger partial charge on any atom is 0.251 e. The summed E-state index contributed by atoms with van der Waals surface area (Å²) in [6.45, 7) is 0.596. The Morgan fingerprint density at radius 1 is 1.00 bits per heavy atom. The monoisotopic (exact) mass is 302 g/mol. The summed E-state index contributed by atoms with van der Waals surface area (Å²) in [5.74, 6) is -0.00321. The van der Waals surface area contributed by atoms with Crippen LogP contribution in [0.2, 0.25) is 0 Å². The normalized spacial score (nSPS) is 12.5. The van der Waals surface area contributed by atoms with Gasteiger partial charge in [-0.15, -0.1) is 0 Å². The van der Waals surface area contributed by atoms with Crippen LogP contribution in [-0.2, 0) is 19.3 Å². The largest absolute Gasteiger partial charge is 0.352 e. The molecule has 0 atom stereocenters. The van der Waals surface area contributed by atoms with Gasteiger partial charge in [-0.1, -0.05) is 30.3 Å². The SMILES string of the molecule is O=C(NCCc1ccccn1)c1ccc2c3c(cccc13)CC2. The maximum atomic E-state index is 12.6. The Balaban J connectivity index is 1.54. The second kappa shape index (κ2) is 5.84. The molecule has 1 aliphatic carbocycles. The molecule has 0 spiro atoms. The van der Waals surface area contributed by atoms with Crippen molar-refractivity contribution >= 4 is 16.7 Å². The van der Waals surface area contributed by atoms with Gasteiger partial charge in [0.25, 0.3) is 5.91 Å². The van der Waals surface area contributed by atoms with E-state index in [-0.39, 0.29) is 5.91 Å². The third-order valence-electron chi connectivity index (χ3n) is 4.51. The number of hydrogen-bond acceptors (Lipinski definition) is 2. The molecule has 1 aromatic heterocycles. The first-order valence-corrected chi connectivity index (χ1v) is 8.04. The van der Waals surface area contributed by atoms with Crippen molar-refractivity contribution in [2.45, 2.75) is 19.3 Å². The van der Waals surface area contributed by atoms with Gasteiger partial charge in [0.1, 0.15) is 0 Å². The predicted octanol–water partition coefficient (Wildman–Crippen LogP) is 3.31. The average Bonchev–Trinajstić information content (AvgIpc) is 3.01. The number of nitrogens with one attached hydrogen (secondary N) is 1. The molecule has 0 saturated carbocycles. The van der Waals surface area contributed by atoms with Crippen LogP contribution in [0.3, 0.4) is 0 Å². The number of aryl methyl sites for hydroxylation is 2. The highest BCUT2D eigenvalue weighted by Crippen LogP contribution is 2.32. The van der Waals surface area contributed by atoms with Crippen LogP contribution in [0.4, 0.5) is 0 Å². The van der Waals surface area contributed by atoms with E-state index in [4.69, 9.17) is 0 Å². The Kier molecular flexibility index (Phi) is 3.54. The smallest absolute Gasteiger partial charge is 0.251 e. The molecule has 0 radical (unpaired) electrons. The number of amides is 1. The van der Waals surface area contributed by atoms with Gasteiger partial charge >= 0.3 is 0 Å². The number of carbonyl (C=O) groups excluding carboxylic acids is 1. The van der Waals surface area contributed by atoms with Crippen LogP contribution in [0.25, 0.3) is 10.8 Å². The molecule has 23 heavy (non-hydrogen) atoms. The number of nitrogens with zero attached hydrogens (tertiary/aromatic N) is 1. The molecule has 1 heterocycles. The molecule has 0 saturated heterocycles. The van der Waals surface area contributed by atoms with Gasteiger partial charge in [-0.2, -0.15) is 0 Å². The molecular weight excluding hydrogens is 284 g/mol. The Hall–Kier alpha value is -2.68. The van der Waals surface area contributed by atoms with Crippen LogP contribution in [0.1, 0.15) is 27.2 Å². The molecule has 1 amide bonds. The van der Waals surface area contributed by atoms with Crippen molar-refractivity contribution in [3.63, 3.8) is 0 Å². The minimum atomic E-state index is -0.00321. The average molecular weight is 302 g/mol. The molecule has 0 bridgehead atoms. The van der Waals surface area contributed by atoms with Gasteiger partial charge in [0, 0.05) is 30.4 Å². The molecule has 3 heteroatoms. The second-order valence-corrected chi connectivity index (χ2v) is 5.94. The molecule has 114 valence electrons. The number of benzene rings is 2. The van der Waals surface area contributed by atoms with E-state index in [2.05, 4.69) is 34.6 Å². The second-order valence-electron chi connectivity index (χ2n) is 5.94. The molecule has 2 aromatic carbocycles. The van der Waals surface area contributed by atoms with Crippen LogP contribution in [0, 0.1) is 0 Å². The van der Waals surface area contributed by atoms with Crippen molar-refractivity contribution in [3.05, 3.63) is 77.1 Å². The lowest BCUT2D eigenvalue weighted by Crippen LogP contribution is -2.26. The summed E-state index contributed by atoms with van der Waals surface area (Å²) in [6, 6.07) is 16.2. The van der Waals surface area contributed by atoms with Gasteiger partial charge in [-0.3, -0.25) is 9.78 Å². The summed E-state index contributed by atoms with van der Waals surface area (Å²) in [5, 5.41) is 5.38. The van der Waals surface area contributed by atoms with Crippen molar-refractivity contribution in [1.82, 2.24) is 10.3 Å². The van der Waals surface area contributed by atoms with E-state index in [9.17, 15) is 4.79 Å². The van der Waals surface area contributed by atoms with E-state index in [1.165, 1.54) is 16.5 Å². The lowest BCUT2D eigenvalue weighted by atomic mass is 9.99. The van der Waals surface area contributed by atoms with Crippen LogP contribution in [0.15, 0.2) is 54.7 Å². The predicted molar refractivity (Wildman–Crippen MR) is 91.6 cm³/mol. The first kappa shape index (κ1) is 13.9. The number of carbonyl (C=O) groups is 1. The fraction of sp³-hybridized carbons (Fsp3) is 0.200. The van der Waals surface area contributed by atoms with Crippen molar-refractivity contribution in [3.8, 4) is 0 Å². The number of rotatable bonds is 4. The zero-order valence-corrected chi connectivity index (χ0v) is 12.9. The molecule has 0 fully saturated rings. The summed E-state index contributed by atoms with van der Waals surface area (Å²) in [4.78, 5) is 16.8. The van der Waals surface area contributed by atoms with Crippen LogP contribution < -0.4 is 5.32 Å². The molecule has 3 aromatic rings. The zero-order chi connectivity index (χ0) is 15.6.